The van der Waals surface area contributed by atoms with Gasteiger partial charge >= 0.3 is 0 Å². The SMILES string of the molecule is CCOc1ccccc1C(=O)Nc1c(N)cccc1F. The van der Waals surface area contributed by atoms with E-state index in [1.165, 1.54) is 18.2 Å². The van der Waals surface area contributed by atoms with Gasteiger partial charge in [-0.25, -0.2) is 4.39 Å². The van der Waals surface area contributed by atoms with E-state index in [2.05, 4.69) is 5.32 Å². The summed E-state index contributed by atoms with van der Waals surface area (Å²) in [7, 11) is 0. The van der Waals surface area contributed by atoms with Crippen LogP contribution in [0.15, 0.2) is 42.5 Å². The van der Waals surface area contributed by atoms with Crippen LogP contribution in [0.3, 0.4) is 0 Å². The molecule has 0 unspecified atom stereocenters. The Balaban J connectivity index is 2.29. The van der Waals surface area contributed by atoms with Gasteiger partial charge in [-0.15, -0.1) is 0 Å². The second-order valence-corrected chi connectivity index (χ2v) is 4.09. The molecule has 0 fully saturated rings. The lowest BCUT2D eigenvalue weighted by molar-refractivity contribution is 0.102. The van der Waals surface area contributed by atoms with Gasteiger partial charge in [0.15, 0.2) is 0 Å². The molecule has 0 saturated carbocycles. The number of anilines is 2. The van der Waals surface area contributed by atoms with E-state index in [4.69, 9.17) is 10.5 Å². The van der Waals surface area contributed by atoms with Crippen LogP contribution >= 0.6 is 0 Å². The number of nitrogens with two attached hydrogens (primary N) is 1. The fourth-order valence-corrected chi connectivity index (χ4v) is 1.79. The van der Waals surface area contributed by atoms with Gasteiger partial charge in [0, 0.05) is 0 Å². The van der Waals surface area contributed by atoms with Crippen molar-refractivity contribution in [1.82, 2.24) is 0 Å². The minimum Gasteiger partial charge on any atom is -0.493 e. The Labute approximate surface area is 116 Å². The average molecular weight is 274 g/mol. The number of nitrogen functional groups attached to an aromatic ring is 1. The second kappa shape index (κ2) is 6.06. The Morgan fingerprint density at radius 1 is 1.25 bits per heavy atom. The minimum absolute atomic E-state index is 0.0243. The summed E-state index contributed by atoms with van der Waals surface area (Å²) in [5.41, 5.74) is 6.14. The number of ether oxygens (including phenoxy) is 1. The minimum atomic E-state index is -0.577. The summed E-state index contributed by atoms with van der Waals surface area (Å²) >= 11 is 0. The van der Waals surface area contributed by atoms with Gasteiger partial charge in [-0.05, 0) is 31.2 Å². The van der Waals surface area contributed by atoms with Crippen molar-refractivity contribution < 1.29 is 13.9 Å². The fraction of sp³-hybridized carbons (Fsp3) is 0.133. The van der Waals surface area contributed by atoms with E-state index < -0.39 is 11.7 Å². The van der Waals surface area contributed by atoms with Crippen LogP contribution < -0.4 is 15.8 Å². The maximum atomic E-state index is 13.6. The Kier molecular flexibility index (Phi) is 4.20. The van der Waals surface area contributed by atoms with Crippen LogP contribution in [-0.2, 0) is 0 Å². The molecule has 3 N–H and O–H groups in total. The topological polar surface area (TPSA) is 64.3 Å². The Morgan fingerprint density at radius 3 is 2.70 bits per heavy atom. The van der Waals surface area contributed by atoms with Crippen molar-refractivity contribution in [2.75, 3.05) is 17.7 Å². The van der Waals surface area contributed by atoms with Crippen LogP contribution in [-0.4, -0.2) is 12.5 Å². The first kappa shape index (κ1) is 13.9. The molecule has 20 heavy (non-hydrogen) atoms. The van der Waals surface area contributed by atoms with E-state index in [9.17, 15) is 9.18 Å². The highest BCUT2D eigenvalue weighted by Gasteiger charge is 2.15. The molecule has 0 bridgehead atoms. The number of benzene rings is 2. The lowest BCUT2D eigenvalue weighted by Gasteiger charge is -2.12. The molecule has 0 aliphatic rings. The van der Waals surface area contributed by atoms with Crippen LogP contribution in [0.1, 0.15) is 17.3 Å². The van der Waals surface area contributed by atoms with Crippen molar-refractivity contribution in [1.29, 1.82) is 0 Å². The summed E-state index contributed by atoms with van der Waals surface area (Å²) in [6.07, 6.45) is 0. The molecule has 2 aromatic rings. The zero-order chi connectivity index (χ0) is 14.5. The van der Waals surface area contributed by atoms with E-state index in [1.807, 2.05) is 6.92 Å². The van der Waals surface area contributed by atoms with E-state index in [0.29, 0.717) is 17.9 Å². The van der Waals surface area contributed by atoms with Crippen molar-refractivity contribution in [2.24, 2.45) is 0 Å². The highest BCUT2D eigenvalue weighted by atomic mass is 19.1. The molecule has 5 heteroatoms. The van der Waals surface area contributed by atoms with E-state index in [1.54, 1.807) is 24.3 Å². The summed E-state index contributed by atoms with van der Waals surface area (Å²) in [6, 6.07) is 11.0. The highest BCUT2D eigenvalue weighted by Crippen LogP contribution is 2.24. The second-order valence-electron chi connectivity index (χ2n) is 4.09. The maximum absolute atomic E-state index is 13.6. The van der Waals surface area contributed by atoms with E-state index in [0.717, 1.165) is 0 Å². The maximum Gasteiger partial charge on any atom is 0.259 e. The number of para-hydroxylation sites is 2. The molecular formula is C15H15FN2O2. The predicted molar refractivity (Wildman–Crippen MR) is 76.4 cm³/mol. The van der Waals surface area contributed by atoms with Crippen LogP contribution in [0.4, 0.5) is 15.8 Å². The number of amides is 1. The van der Waals surface area contributed by atoms with Crippen molar-refractivity contribution in [3.63, 3.8) is 0 Å². The molecule has 0 spiro atoms. The van der Waals surface area contributed by atoms with Gasteiger partial charge in [0.05, 0.1) is 17.9 Å². The first-order chi connectivity index (χ1) is 9.63. The largest absolute Gasteiger partial charge is 0.493 e. The molecule has 0 radical (unpaired) electrons. The molecule has 2 rings (SSSR count). The van der Waals surface area contributed by atoms with Gasteiger partial charge in [0.25, 0.3) is 5.91 Å². The van der Waals surface area contributed by atoms with Gasteiger partial charge in [-0.2, -0.15) is 0 Å². The number of carbonyl (C=O) groups is 1. The lowest BCUT2D eigenvalue weighted by atomic mass is 10.1. The van der Waals surface area contributed by atoms with Crippen molar-refractivity contribution in [3.8, 4) is 5.75 Å². The fourth-order valence-electron chi connectivity index (χ4n) is 1.79. The number of halogens is 1. The Hall–Kier alpha value is -2.56. The van der Waals surface area contributed by atoms with Crippen molar-refractivity contribution in [3.05, 3.63) is 53.8 Å². The third-order valence-corrected chi connectivity index (χ3v) is 2.72. The Morgan fingerprint density at radius 2 is 2.00 bits per heavy atom. The normalized spacial score (nSPS) is 10.1. The molecule has 0 saturated heterocycles. The number of carbonyl (C=O) groups excluding carboxylic acids is 1. The number of hydrogen-bond acceptors (Lipinski definition) is 3. The number of rotatable bonds is 4. The van der Waals surface area contributed by atoms with Crippen LogP contribution in [0.5, 0.6) is 5.75 Å². The van der Waals surface area contributed by atoms with Crippen LogP contribution in [0.25, 0.3) is 0 Å². The summed E-state index contributed by atoms with van der Waals surface area (Å²) in [5, 5.41) is 2.47. The lowest BCUT2D eigenvalue weighted by Crippen LogP contribution is -2.15. The standard InChI is InChI=1S/C15H15FN2O2/c1-2-20-13-9-4-3-6-10(13)15(19)18-14-11(16)7-5-8-12(14)17/h3-9H,2,17H2,1H3,(H,18,19). The third-order valence-electron chi connectivity index (χ3n) is 2.72. The van der Waals surface area contributed by atoms with Crippen LogP contribution in [0, 0.1) is 5.82 Å². The number of hydrogen-bond donors (Lipinski definition) is 2. The predicted octanol–water partition coefficient (Wildman–Crippen LogP) is 3.06. The summed E-state index contributed by atoms with van der Waals surface area (Å²) in [4.78, 5) is 12.2. The average Bonchev–Trinajstić information content (AvgIpc) is 2.44. The monoisotopic (exact) mass is 274 g/mol. The molecule has 1 amide bonds. The number of nitrogens with one attached hydrogen (secondary N) is 1. The van der Waals surface area contributed by atoms with E-state index >= 15 is 0 Å². The third kappa shape index (κ3) is 2.88. The Bertz CT molecular complexity index is 609. The van der Waals surface area contributed by atoms with Crippen molar-refractivity contribution in [2.45, 2.75) is 6.92 Å². The smallest absolute Gasteiger partial charge is 0.259 e. The first-order valence-corrected chi connectivity index (χ1v) is 6.20. The summed E-state index contributed by atoms with van der Waals surface area (Å²) < 4.78 is 19.0. The van der Waals surface area contributed by atoms with Crippen LogP contribution in [0.2, 0.25) is 0 Å². The molecule has 0 aliphatic carbocycles. The van der Waals surface area contributed by atoms with Crippen molar-refractivity contribution >= 4 is 17.3 Å². The molecule has 2 aromatic carbocycles. The molecule has 104 valence electrons. The van der Waals surface area contributed by atoms with E-state index in [-0.39, 0.29) is 11.4 Å². The zero-order valence-electron chi connectivity index (χ0n) is 11.0. The van der Waals surface area contributed by atoms with Gasteiger partial charge in [-0.3, -0.25) is 4.79 Å². The molecular weight excluding hydrogens is 259 g/mol. The van der Waals surface area contributed by atoms with Gasteiger partial charge in [0.1, 0.15) is 17.3 Å². The van der Waals surface area contributed by atoms with Gasteiger partial charge in [-0.1, -0.05) is 18.2 Å². The highest BCUT2D eigenvalue weighted by molar-refractivity contribution is 6.07. The molecule has 0 aliphatic heterocycles. The first-order valence-electron chi connectivity index (χ1n) is 6.20. The molecule has 0 heterocycles. The van der Waals surface area contributed by atoms with Gasteiger partial charge < -0.3 is 15.8 Å². The van der Waals surface area contributed by atoms with Gasteiger partial charge in [0.2, 0.25) is 0 Å². The summed E-state index contributed by atoms with van der Waals surface area (Å²) in [6.45, 7) is 2.26. The summed E-state index contributed by atoms with van der Waals surface area (Å²) in [5.74, 6) is -0.597. The molecule has 0 aromatic heterocycles. The molecule has 0 atom stereocenters. The quantitative estimate of drug-likeness (QED) is 0.842. The zero-order valence-corrected chi connectivity index (χ0v) is 11.0. The molecule has 4 nitrogen and oxygen atoms in total.